The monoisotopic (exact) mass is 218 g/mol. The molecule has 0 amide bonds. The minimum Gasteiger partial charge on any atom is -0.481 e. The molecule has 14 heavy (non-hydrogen) atoms. The van der Waals surface area contributed by atoms with E-state index in [2.05, 4.69) is 0 Å². The topological polar surface area (TPSA) is 37.3 Å². The summed E-state index contributed by atoms with van der Waals surface area (Å²) in [5.41, 5.74) is -1.05. The number of hydrogen-bond acceptors (Lipinski definition) is 2. The van der Waals surface area contributed by atoms with Gasteiger partial charge in [0.05, 0.1) is 0 Å². The van der Waals surface area contributed by atoms with Crippen molar-refractivity contribution in [1.29, 1.82) is 0 Å². The van der Waals surface area contributed by atoms with Crippen molar-refractivity contribution in [3.63, 3.8) is 0 Å². The van der Waals surface area contributed by atoms with Crippen LogP contribution in [-0.4, -0.2) is 28.8 Å². The lowest BCUT2D eigenvalue weighted by Crippen LogP contribution is -2.45. The molecule has 2 atom stereocenters. The van der Waals surface area contributed by atoms with Crippen LogP contribution < -0.4 is 0 Å². The summed E-state index contributed by atoms with van der Waals surface area (Å²) in [6.45, 7) is 0. The summed E-state index contributed by atoms with van der Waals surface area (Å²) >= 11 is 1.53. The van der Waals surface area contributed by atoms with E-state index in [0.29, 0.717) is 24.5 Å². The zero-order valence-corrected chi connectivity index (χ0v) is 8.86. The van der Waals surface area contributed by atoms with Crippen LogP contribution in [0.5, 0.6) is 0 Å². The van der Waals surface area contributed by atoms with E-state index in [9.17, 15) is 14.3 Å². The van der Waals surface area contributed by atoms with Crippen LogP contribution in [0.25, 0.3) is 0 Å². The van der Waals surface area contributed by atoms with Crippen molar-refractivity contribution in [3.8, 4) is 0 Å². The average Bonchev–Trinajstić information content (AvgIpc) is 2.92. The summed E-state index contributed by atoms with van der Waals surface area (Å²) in [5, 5.41) is 9.19. The van der Waals surface area contributed by atoms with E-state index in [0.717, 1.165) is 18.6 Å². The highest BCUT2D eigenvalue weighted by molar-refractivity contribution is 7.99. The first-order chi connectivity index (χ1) is 6.65. The molecule has 2 aliphatic rings. The Labute approximate surface area is 87.3 Å². The highest BCUT2D eigenvalue weighted by Crippen LogP contribution is 2.48. The van der Waals surface area contributed by atoms with Gasteiger partial charge in [0.25, 0.3) is 0 Å². The second kappa shape index (κ2) is 3.72. The maximum atomic E-state index is 13.7. The first-order valence-electron chi connectivity index (χ1n) is 5.10. The van der Waals surface area contributed by atoms with Crippen LogP contribution in [-0.2, 0) is 4.79 Å². The fraction of sp³-hybridized carbons (Fsp3) is 0.900. The molecular weight excluding hydrogens is 203 g/mol. The summed E-state index contributed by atoms with van der Waals surface area (Å²) in [6.07, 6.45) is 2.10. The van der Waals surface area contributed by atoms with Gasteiger partial charge in [0.15, 0.2) is 0 Å². The lowest BCUT2D eigenvalue weighted by Gasteiger charge is -2.36. The van der Waals surface area contributed by atoms with Crippen molar-refractivity contribution in [2.45, 2.75) is 31.9 Å². The molecule has 0 spiro atoms. The molecule has 1 N–H and O–H groups in total. The lowest BCUT2D eigenvalue weighted by molar-refractivity contribution is -0.154. The van der Waals surface area contributed by atoms with Gasteiger partial charge in [-0.05, 0) is 24.5 Å². The fourth-order valence-electron chi connectivity index (χ4n) is 2.15. The van der Waals surface area contributed by atoms with E-state index in [1.54, 1.807) is 0 Å². The maximum absolute atomic E-state index is 13.7. The second-order valence-corrected chi connectivity index (χ2v) is 5.55. The first kappa shape index (κ1) is 10.3. The van der Waals surface area contributed by atoms with Crippen LogP contribution in [0.15, 0.2) is 0 Å². The molecule has 0 bridgehead atoms. The number of carbonyl (C=O) groups is 1. The first-order valence-corrected chi connectivity index (χ1v) is 6.26. The van der Waals surface area contributed by atoms with Crippen LogP contribution in [0.3, 0.4) is 0 Å². The Hall–Kier alpha value is -0.250. The third-order valence-corrected chi connectivity index (χ3v) is 4.35. The van der Waals surface area contributed by atoms with Gasteiger partial charge in [0.2, 0.25) is 0 Å². The summed E-state index contributed by atoms with van der Waals surface area (Å²) in [6, 6.07) is 0. The molecule has 1 heterocycles. The zero-order valence-electron chi connectivity index (χ0n) is 8.04. The quantitative estimate of drug-likeness (QED) is 0.790. The van der Waals surface area contributed by atoms with Crippen molar-refractivity contribution in [2.24, 2.45) is 11.3 Å². The summed E-state index contributed by atoms with van der Waals surface area (Å²) in [7, 11) is 0. The Kier molecular flexibility index (Phi) is 2.73. The Morgan fingerprint density at radius 3 is 2.79 bits per heavy atom. The standard InChI is InChI=1S/C10H15FO2S/c11-8-6-14-4-3-10(8,9(12)13)5-7-1-2-7/h7-8H,1-6H2,(H,12,13). The molecule has 1 aliphatic carbocycles. The van der Waals surface area contributed by atoms with Crippen LogP contribution in [0.4, 0.5) is 4.39 Å². The summed E-state index contributed by atoms with van der Waals surface area (Å²) in [5.74, 6) is 0.711. The molecule has 4 heteroatoms. The van der Waals surface area contributed by atoms with E-state index < -0.39 is 17.6 Å². The fourth-order valence-corrected chi connectivity index (χ4v) is 3.35. The minimum atomic E-state index is -1.15. The van der Waals surface area contributed by atoms with Gasteiger partial charge in [-0.2, -0.15) is 11.8 Å². The molecule has 1 saturated heterocycles. The van der Waals surface area contributed by atoms with Gasteiger partial charge in [-0.25, -0.2) is 4.39 Å². The summed E-state index contributed by atoms with van der Waals surface area (Å²) in [4.78, 5) is 11.2. The van der Waals surface area contributed by atoms with Gasteiger partial charge in [-0.1, -0.05) is 12.8 Å². The Morgan fingerprint density at radius 2 is 2.29 bits per heavy atom. The molecule has 0 aromatic heterocycles. The predicted molar refractivity (Wildman–Crippen MR) is 54.2 cm³/mol. The molecule has 0 aromatic rings. The number of carboxylic acid groups (broad SMARTS) is 1. The SMILES string of the molecule is O=C(O)C1(CC2CC2)CCSCC1F. The molecule has 2 rings (SSSR count). The third kappa shape index (κ3) is 1.76. The van der Waals surface area contributed by atoms with Crippen molar-refractivity contribution in [2.75, 3.05) is 11.5 Å². The van der Waals surface area contributed by atoms with Crippen molar-refractivity contribution in [3.05, 3.63) is 0 Å². The van der Waals surface area contributed by atoms with Crippen molar-refractivity contribution >= 4 is 17.7 Å². The van der Waals surface area contributed by atoms with Gasteiger partial charge in [-0.3, -0.25) is 4.79 Å². The Morgan fingerprint density at radius 1 is 1.57 bits per heavy atom. The van der Waals surface area contributed by atoms with Crippen molar-refractivity contribution in [1.82, 2.24) is 0 Å². The average molecular weight is 218 g/mol. The molecule has 2 unspecified atom stereocenters. The van der Waals surface area contributed by atoms with E-state index in [-0.39, 0.29) is 0 Å². The van der Waals surface area contributed by atoms with Gasteiger partial charge < -0.3 is 5.11 Å². The highest BCUT2D eigenvalue weighted by atomic mass is 32.2. The van der Waals surface area contributed by atoms with Gasteiger partial charge in [0, 0.05) is 5.75 Å². The lowest BCUT2D eigenvalue weighted by atomic mass is 9.76. The van der Waals surface area contributed by atoms with Crippen molar-refractivity contribution < 1.29 is 14.3 Å². The van der Waals surface area contributed by atoms with E-state index in [4.69, 9.17) is 0 Å². The van der Waals surface area contributed by atoms with Gasteiger partial charge >= 0.3 is 5.97 Å². The van der Waals surface area contributed by atoms with Gasteiger partial charge in [-0.15, -0.1) is 0 Å². The zero-order chi connectivity index (χ0) is 10.2. The maximum Gasteiger partial charge on any atom is 0.312 e. The third-order valence-electron chi connectivity index (χ3n) is 3.33. The largest absolute Gasteiger partial charge is 0.481 e. The van der Waals surface area contributed by atoms with E-state index in [1.807, 2.05) is 0 Å². The number of thioether (sulfide) groups is 1. The molecule has 2 nitrogen and oxygen atoms in total. The molecule has 0 aromatic carbocycles. The minimum absolute atomic E-state index is 0.360. The van der Waals surface area contributed by atoms with E-state index in [1.165, 1.54) is 11.8 Å². The number of carboxylic acids is 1. The highest BCUT2D eigenvalue weighted by Gasteiger charge is 2.50. The van der Waals surface area contributed by atoms with Crippen LogP contribution in [0, 0.1) is 11.3 Å². The van der Waals surface area contributed by atoms with Crippen LogP contribution >= 0.6 is 11.8 Å². The Balaban J connectivity index is 2.13. The molecule has 1 saturated carbocycles. The molecule has 0 radical (unpaired) electrons. The second-order valence-electron chi connectivity index (χ2n) is 4.40. The van der Waals surface area contributed by atoms with Crippen LogP contribution in [0.2, 0.25) is 0 Å². The molecule has 2 fully saturated rings. The number of rotatable bonds is 3. The number of halogens is 1. The van der Waals surface area contributed by atoms with Crippen LogP contribution in [0.1, 0.15) is 25.7 Å². The van der Waals surface area contributed by atoms with E-state index >= 15 is 0 Å². The number of hydrogen-bond donors (Lipinski definition) is 1. The smallest absolute Gasteiger partial charge is 0.312 e. The number of alkyl halides is 1. The molecule has 80 valence electrons. The number of aliphatic carboxylic acids is 1. The normalized spacial score (nSPS) is 38.2. The predicted octanol–water partition coefficient (Wildman–Crippen LogP) is 2.33. The Bertz CT molecular complexity index is 242. The summed E-state index contributed by atoms with van der Waals surface area (Å²) < 4.78 is 13.7. The van der Waals surface area contributed by atoms with Gasteiger partial charge in [0.1, 0.15) is 11.6 Å². The molecular formula is C10H15FO2S. The molecule has 1 aliphatic heterocycles.